The topological polar surface area (TPSA) is 33.1 Å². The number of nitrogens with zero attached hydrogens (tertiary/aromatic N) is 1. The van der Waals surface area contributed by atoms with Gasteiger partial charge in [-0.15, -0.1) is 0 Å². The zero-order valence-corrected chi connectivity index (χ0v) is 11.2. The summed E-state index contributed by atoms with van der Waals surface area (Å²) in [7, 11) is 0. The minimum absolute atomic E-state index is 0.277. The van der Waals surface area contributed by atoms with Crippen LogP contribution < -0.4 is 0 Å². The number of rotatable bonds is 1. The fourth-order valence-electron chi connectivity index (χ4n) is 3.81. The molecule has 98 valence electrons. The summed E-state index contributed by atoms with van der Waals surface area (Å²) in [6.45, 7) is 2.31. The number of aryl methyl sites for hydroxylation is 1. The van der Waals surface area contributed by atoms with Gasteiger partial charge in [0.2, 0.25) is 0 Å². The largest absolute Gasteiger partial charge is 0.389 e. The third kappa shape index (κ3) is 2.07. The van der Waals surface area contributed by atoms with Crippen LogP contribution in [0.1, 0.15) is 62.6 Å². The Hall–Kier alpha value is -0.890. The van der Waals surface area contributed by atoms with E-state index in [1.54, 1.807) is 0 Å². The van der Waals surface area contributed by atoms with E-state index in [1.165, 1.54) is 17.7 Å². The van der Waals surface area contributed by atoms with Gasteiger partial charge in [-0.3, -0.25) is 4.98 Å². The average Bonchev–Trinajstić information content (AvgIpc) is 2.73. The molecule has 3 rings (SSSR count). The Kier molecular flexibility index (Phi) is 3.14. The number of aromatic nitrogens is 1. The van der Waals surface area contributed by atoms with Gasteiger partial charge in [0.15, 0.2) is 0 Å². The molecule has 18 heavy (non-hydrogen) atoms. The number of aliphatic hydroxyl groups is 1. The maximum atomic E-state index is 11.1. The highest BCUT2D eigenvalue weighted by Gasteiger charge is 2.42. The van der Waals surface area contributed by atoms with Crippen molar-refractivity contribution in [1.82, 2.24) is 4.98 Å². The molecule has 3 atom stereocenters. The highest BCUT2D eigenvalue weighted by Crippen LogP contribution is 2.45. The van der Waals surface area contributed by atoms with Gasteiger partial charge >= 0.3 is 0 Å². The fraction of sp³-hybridized carbons (Fsp3) is 0.688. The van der Waals surface area contributed by atoms with Crippen molar-refractivity contribution in [3.63, 3.8) is 0 Å². The minimum atomic E-state index is -0.496. The Morgan fingerprint density at radius 3 is 3.06 bits per heavy atom. The summed E-state index contributed by atoms with van der Waals surface area (Å²) in [6, 6.07) is 4.19. The van der Waals surface area contributed by atoms with Crippen LogP contribution in [0, 0.1) is 5.92 Å². The van der Waals surface area contributed by atoms with Crippen LogP contribution in [0.5, 0.6) is 0 Å². The normalized spacial score (nSPS) is 36.1. The van der Waals surface area contributed by atoms with Crippen molar-refractivity contribution in [2.75, 3.05) is 0 Å². The second-order valence-electron chi connectivity index (χ2n) is 6.28. The van der Waals surface area contributed by atoms with Crippen molar-refractivity contribution in [3.8, 4) is 0 Å². The summed E-state index contributed by atoms with van der Waals surface area (Å²) in [5.74, 6) is 1.04. The lowest BCUT2D eigenvalue weighted by Gasteiger charge is -2.33. The Morgan fingerprint density at radius 1 is 1.28 bits per heavy atom. The van der Waals surface area contributed by atoms with E-state index in [2.05, 4.69) is 18.0 Å². The van der Waals surface area contributed by atoms with Crippen LogP contribution in [0.4, 0.5) is 0 Å². The second-order valence-corrected chi connectivity index (χ2v) is 6.28. The predicted molar refractivity (Wildman–Crippen MR) is 72.5 cm³/mol. The monoisotopic (exact) mass is 245 g/mol. The van der Waals surface area contributed by atoms with Gasteiger partial charge in [-0.1, -0.05) is 25.8 Å². The molecule has 1 heterocycles. The summed E-state index contributed by atoms with van der Waals surface area (Å²) >= 11 is 0. The van der Waals surface area contributed by atoms with E-state index in [-0.39, 0.29) is 5.92 Å². The highest BCUT2D eigenvalue weighted by molar-refractivity contribution is 5.31. The van der Waals surface area contributed by atoms with Crippen LogP contribution in [-0.2, 0) is 6.42 Å². The smallest absolute Gasteiger partial charge is 0.0731 e. The molecule has 1 fully saturated rings. The van der Waals surface area contributed by atoms with E-state index in [4.69, 9.17) is 0 Å². The minimum Gasteiger partial charge on any atom is -0.389 e. The van der Waals surface area contributed by atoms with Crippen molar-refractivity contribution in [1.29, 1.82) is 0 Å². The molecular formula is C16H23NO. The lowest BCUT2D eigenvalue weighted by molar-refractivity contribution is -0.00424. The van der Waals surface area contributed by atoms with Crippen molar-refractivity contribution >= 4 is 0 Å². The summed E-state index contributed by atoms with van der Waals surface area (Å²) < 4.78 is 0. The van der Waals surface area contributed by atoms with E-state index in [0.717, 1.165) is 44.4 Å². The number of hydrogen-bond acceptors (Lipinski definition) is 2. The van der Waals surface area contributed by atoms with E-state index < -0.39 is 5.60 Å². The molecule has 0 bridgehead atoms. The molecular weight excluding hydrogens is 222 g/mol. The lowest BCUT2D eigenvalue weighted by Crippen LogP contribution is -2.35. The molecule has 3 unspecified atom stereocenters. The van der Waals surface area contributed by atoms with Crippen molar-refractivity contribution in [2.45, 2.75) is 63.4 Å². The van der Waals surface area contributed by atoms with E-state index in [9.17, 15) is 5.11 Å². The first-order chi connectivity index (χ1) is 8.69. The van der Waals surface area contributed by atoms with Crippen LogP contribution in [-0.4, -0.2) is 15.7 Å². The summed E-state index contributed by atoms with van der Waals surface area (Å²) in [5.41, 5.74) is 2.03. The zero-order chi connectivity index (χ0) is 12.6. The van der Waals surface area contributed by atoms with Gasteiger partial charge in [0.25, 0.3) is 0 Å². The first-order valence-electron chi connectivity index (χ1n) is 7.35. The van der Waals surface area contributed by atoms with Crippen LogP contribution in [0.2, 0.25) is 0 Å². The maximum Gasteiger partial charge on any atom is 0.0731 e. The fourth-order valence-corrected chi connectivity index (χ4v) is 3.81. The number of hydrogen-bond donors (Lipinski definition) is 1. The Bertz CT molecular complexity index is 431. The molecule has 2 aliphatic rings. The molecule has 0 aromatic carbocycles. The molecule has 1 N–H and O–H groups in total. The molecule has 1 aromatic rings. The Balaban J connectivity index is 1.86. The van der Waals surface area contributed by atoms with Gasteiger partial charge in [0, 0.05) is 17.8 Å². The van der Waals surface area contributed by atoms with Gasteiger partial charge in [-0.2, -0.15) is 0 Å². The van der Waals surface area contributed by atoms with E-state index >= 15 is 0 Å². The third-order valence-electron chi connectivity index (χ3n) is 4.98. The molecule has 1 aromatic heterocycles. The maximum absolute atomic E-state index is 11.1. The number of pyridine rings is 1. The molecule has 1 saturated carbocycles. The SMILES string of the molecule is CC1CCCC(O)(C2CCc3cccnc32)CC1. The molecule has 2 nitrogen and oxygen atoms in total. The van der Waals surface area contributed by atoms with Crippen molar-refractivity contribution < 1.29 is 5.11 Å². The molecule has 0 aliphatic heterocycles. The van der Waals surface area contributed by atoms with Gasteiger partial charge in [-0.25, -0.2) is 0 Å². The molecule has 0 radical (unpaired) electrons. The van der Waals surface area contributed by atoms with Crippen LogP contribution >= 0.6 is 0 Å². The van der Waals surface area contributed by atoms with E-state index in [1.807, 2.05) is 12.3 Å². The van der Waals surface area contributed by atoms with Crippen molar-refractivity contribution in [2.24, 2.45) is 5.92 Å². The Morgan fingerprint density at radius 2 is 2.17 bits per heavy atom. The Labute approximate surface area is 109 Å². The van der Waals surface area contributed by atoms with E-state index in [0.29, 0.717) is 0 Å². The van der Waals surface area contributed by atoms with Gasteiger partial charge in [-0.05, 0) is 49.7 Å². The van der Waals surface area contributed by atoms with Crippen LogP contribution in [0.15, 0.2) is 18.3 Å². The third-order valence-corrected chi connectivity index (χ3v) is 4.98. The van der Waals surface area contributed by atoms with Gasteiger partial charge in [0.1, 0.15) is 0 Å². The second kappa shape index (κ2) is 4.65. The van der Waals surface area contributed by atoms with Crippen molar-refractivity contribution in [3.05, 3.63) is 29.6 Å². The molecule has 2 heteroatoms. The quantitative estimate of drug-likeness (QED) is 0.769. The van der Waals surface area contributed by atoms with Gasteiger partial charge in [0.05, 0.1) is 5.60 Å². The molecule has 0 spiro atoms. The standard InChI is InChI=1S/C16H23NO/c1-12-4-2-9-16(18,10-8-12)14-7-6-13-5-3-11-17-15(13)14/h3,5,11-12,14,18H,2,4,6-10H2,1H3. The van der Waals surface area contributed by atoms with Crippen LogP contribution in [0.25, 0.3) is 0 Å². The molecule has 0 amide bonds. The molecule has 0 saturated heterocycles. The zero-order valence-electron chi connectivity index (χ0n) is 11.2. The number of fused-ring (bicyclic) bond motifs is 1. The summed E-state index contributed by atoms with van der Waals surface area (Å²) in [4.78, 5) is 4.55. The molecule has 2 aliphatic carbocycles. The lowest BCUT2D eigenvalue weighted by atomic mass is 9.79. The van der Waals surface area contributed by atoms with Gasteiger partial charge < -0.3 is 5.11 Å². The first-order valence-corrected chi connectivity index (χ1v) is 7.35. The average molecular weight is 245 g/mol. The highest BCUT2D eigenvalue weighted by atomic mass is 16.3. The summed E-state index contributed by atoms with van der Waals surface area (Å²) in [5, 5.41) is 11.1. The predicted octanol–water partition coefficient (Wildman–Crippen LogP) is 3.44. The first kappa shape index (κ1) is 12.2. The van der Waals surface area contributed by atoms with Crippen LogP contribution in [0.3, 0.4) is 0 Å². The summed E-state index contributed by atoms with van der Waals surface area (Å²) in [6.07, 6.45) is 9.55.